The largest absolute Gasteiger partial charge is 0.494 e. The fraction of sp³-hybridized carbons (Fsp3) is 0.258. The van der Waals surface area contributed by atoms with Crippen molar-refractivity contribution in [2.45, 2.75) is 40.7 Å². The van der Waals surface area contributed by atoms with E-state index in [9.17, 15) is 14.4 Å². The average molecular weight is 655 g/mol. The fourth-order valence-corrected chi connectivity index (χ4v) is 5.13. The number of carbonyl (C=O) groups is 3. The number of ether oxygens (including phenoxy) is 3. The summed E-state index contributed by atoms with van der Waals surface area (Å²) in [4.78, 5) is 39.6. The second-order valence-electron chi connectivity index (χ2n) is 9.35. The number of anilines is 1. The summed E-state index contributed by atoms with van der Waals surface area (Å²) in [5.41, 5.74) is 4.06. The van der Waals surface area contributed by atoms with Gasteiger partial charge in [0.1, 0.15) is 17.9 Å². The van der Waals surface area contributed by atoms with E-state index < -0.39 is 17.8 Å². The first-order valence-electron chi connectivity index (χ1n) is 13.0. The highest BCUT2D eigenvalue weighted by Crippen LogP contribution is 2.36. The minimum atomic E-state index is -0.811. The van der Waals surface area contributed by atoms with Gasteiger partial charge in [-0.15, -0.1) is 0 Å². The molecule has 0 bridgehead atoms. The number of aryl methyl sites for hydroxylation is 2. The molecule has 1 aliphatic heterocycles. The Labute approximate surface area is 247 Å². The second kappa shape index (κ2) is 13.0. The molecule has 3 aromatic carbocycles. The van der Waals surface area contributed by atoms with E-state index in [4.69, 9.17) is 14.2 Å². The summed E-state index contributed by atoms with van der Waals surface area (Å²) in [6.45, 7) is 9.27. The first-order valence-corrected chi connectivity index (χ1v) is 14.1. The highest BCUT2D eigenvalue weighted by atomic mass is 127. The van der Waals surface area contributed by atoms with Crippen molar-refractivity contribution in [3.05, 3.63) is 86.0 Å². The number of imide groups is 2. The number of halogens is 1. The van der Waals surface area contributed by atoms with Crippen molar-refractivity contribution in [1.82, 2.24) is 5.32 Å². The standard InChI is InChI=1S/C31H31IN2O6/c1-5-11-39-24-9-7-23(8-10-24)34-30(36)25(29(35)33-31(34)37)15-21-16-26(32)28(27(17-21)38-6-2)40-18-22-13-19(3)12-20(4)14-22/h7-10,12-17H,5-6,11,18H2,1-4H3,(H,33,35,37)/b25-15-. The van der Waals surface area contributed by atoms with Crippen LogP contribution in [0.5, 0.6) is 17.2 Å². The van der Waals surface area contributed by atoms with Gasteiger partial charge in [0.25, 0.3) is 11.8 Å². The predicted octanol–water partition coefficient (Wildman–Crippen LogP) is 6.34. The molecule has 0 spiro atoms. The highest BCUT2D eigenvalue weighted by molar-refractivity contribution is 14.1. The third-order valence-corrected chi connectivity index (χ3v) is 6.78. The number of nitrogens with zero attached hydrogens (tertiary/aromatic N) is 1. The minimum Gasteiger partial charge on any atom is -0.494 e. The topological polar surface area (TPSA) is 94.2 Å². The maximum atomic E-state index is 13.4. The van der Waals surface area contributed by atoms with Crippen LogP contribution in [0.3, 0.4) is 0 Å². The van der Waals surface area contributed by atoms with Crippen LogP contribution in [0.25, 0.3) is 6.08 Å². The van der Waals surface area contributed by atoms with E-state index in [1.807, 2.05) is 27.7 Å². The van der Waals surface area contributed by atoms with Crippen LogP contribution in [0.1, 0.15) is 42.5 Å². The normalized spacial score (nSPS) is 14.4. The summed E-state index contributed by atoms with van der Waals surface area (Å²) in [7, 11) is 0. The summed E-state index contributed by atoms with van der Waals surface area (Å²) in [5.74, 6) is 0.201. The molecule has 4 rings (SSSR count). The van der Waals surface area contributed by atoms with Gasteiger partial charge in [0.05, 0.1) is 22.5 Å². The smallest absolute Gasteiger partial charge is 0.335 e. The van der Waals surface area contributed by atoms with E-state index >= 15 is 0 Å². The molecule has 0 atom stereocenters. The monoisotopic (exact) mass is 654 g/mol. The number of hydrogen-bond acceptors (Lipinski definition) is 6. The van der Waals surface area contributed by atoms with E-state index in [0.717, 1.165) is 31.6 Å². The molecule has 0 saturated carbocycles. The van der Waals surface area contributed by atoms with Crippen molar-refractivity contribution >= 4 is 52.2 Å². The number of hydrogen-bond donors (Lipinski definition) is 1. The van der Waals surface area contributed by atoms with Crippen molar-refractivity contribution < 1.29 is 28.6 Å². The third-order valence-electron chi connectivity index (χ3n) is 5.98. The van der Waals surface area contributed by atoms with Crippen molar-refractivity contribution in [2.24, 2.45) is 0 Å². The quantitative estimate of drug-likeness (QED) is 0.156. The zero-order valence-corrected chi connectivity index (χ0v) is 25.0. The molecule has 0 unspecified atom stereocenters. The van der Waals surface area contributed by atoms with Gasteiger partial charge in [-0.05, 0) is 103 Å². The SMILES string of the molecule is CCCOc1ccc(N2C(=O)NC(=O)/C(=C/c3cc(I)c(OCc4cc(C)cc(C)c4)c(OCC)c3)C2=O)cc1. The lowest BCUT2D eigenvalue weighted by Crippen LogP contribution is -2.54. The van der Waals surface area contributed by atoms with Crippen molar-refractivity contribution in [2.75, 3.05) is 18.1 Å². The average Bonchev–Trinajstić information content (AvgIpc) is 2.89. The molecule has 1 N–H and O–H groups in total. The Hall–Kier alpha value is -3.86. The number of urea groups is 1. The Morgan fingerprint density at radius 1 is 0.900 bits per heavy atom. The molecular weight excluding hydrogens is 623 g/mol. The van der Waals surface area contributed by atoms with Gasteiger partial charge in [-0.3, -0.25) is 14.9 Å². The summed E-state index contributed by atoms with van der Waals surface area (Å²) in [6, 6.07) is 15.5. The molecule has 1 heterocycles. The van der Waals surface area contributed by atoms with E-state index in [1.165, 1.54) is 6.08 Å². The zero-order valence-electron chi connectivity index (χ0n) is 22.9. The Morgan fingerprint density at radius 2 is 1.60 bits per heavy atom. The van der Waals surface area contributed by atoms with E-state index in [1.54, 1.807) is 36.4 Å². The second-order valence-corrected chi connectivity index (χ2v) is 10.5. The Bertz CT molecular complexity index is 1450. The lowest BCUT2D eigenvalue weighted by molar-refractivity contribution is -0.122. The molecule has 4 amide bonds. The molecule has 40 heavy (non-hydrogen) atoms. The van der Waals surface area contributed by atoms with Crippen molar-refractivity contribution in [1.29, 1.82) is 0 Å². The minimum absolute atomic E-state index is 0.173. The van der Waals surface area contributed by atoms with Crippen LogP contribution in [0.4, 0.5) is 10.5 Å². The van der Waals surface area contributed by atoms with Crippen LogP contribution in [0.2, 0.25) is 0 Å². The molecule has 1 aliphatic rings. The maximum absolute atomic E-state index is 13.4. The number of carbonyl (C=O) groups excluding carboxylic acids is 3. The van der Waals surface area contributed by atoms with Gasteiger partial charge in [-0.25, -0.2) is 9.69 Å². The molecule has 1 saturated heterocycles. The maximum Gasteiger partial charge on any atom is 0.335 e. The Morgan fingerprint density at radius 3 is 2.25 bits per heavy atom. The number of benzene rings is 3. The van der Waals surface area contributed by atoms with Gasteiger partial charge in [-0.1, -0.05) is 36.2 Å². The lowest BCUT2D eigenvalue weighted by Gasteiger charge is -2.26. The Kier molecular flexibility index (Phi) is 9.46. The van der Waals surface area contributed by atoms with E-state index in [0.29, 0.717) is 48.3 Å². The predicted molar refractivity (Wildman–Crippen MR) is 162 cm³/mol. The molecule has 1 fully saturated rings. The van der Waals surface area contributed by atoms with Gasteiger partial charge in [0.2, 0.25) is 0 Å². The van der Waals surface area contributed by atoms with Gasteiger partial charge >= 0.3 is 6.03 Å². The highest BCUT2D eigenvalue weighted by Gasteiger charge is 2.37. The van der Waals surface area contributed by atoms with E-state index in [2.05, 4.69) is 46.1 Å². The first kappa shape index (κ1) is 29.1. The molecular formula is C31H31IN2O6. The number of nitrogens with one attached hydrogen (secondary N) is 1. The molecule has 0 aromatic heterocycles. The molecule has 8 nitrogen and oxygen atoms in total. The van der Waals surface area contributed by atoms with Crippen molar-refractivity contribution in [3.63, 3.8) is 0 Å². The lowest BCUT2D eigenvalue weighted by atomic mass is 10.1. The van der Waals surface area contributed by atoms with Gasteiger partial charge < -0.3 is 14.2 Å². The fourth-order valence-electron chi connectivity index (χ4n) is 4.35. The summed E-state index contributed by atoms with van der Waals surface area (Å²) in [5, 5.41) is 2.26. The van der Waals surface area contributed by atoms with Crippen LogP contribution in [0, 0.1) is 17.4 Å². The molecule has 0 radical (unpaired) electrons. The van der Waals surface area contributed by atoms with Crippen LogP contribution < -0.4 is 24.4 Å². The van der Waals surface area contributed by atoms with Crippen LogP contribution in [-0.4, -0.2) is 31.1 Å². The summed E-state index contributed by atoms with van der Waals surface area (Å²) >= 11 is 2.15. The zero-order chi connectivity index (χ0) is 28.8. The van der Waals surface area contributed by atoms with Crippen LogP contribution in [-0.2, 0) is 16.2 Å². The molecule has 208 valence electrons. The van der Waals surface area contributed by atoms with Gasteiger partial charge in [-0.2, -0.15) is 0 Å². The number of amides is 4. The van der Waals surface area contributed by atoms with E-state index in [-0.39, 0.29) is 5.57 Å². The Balaban J connectivity index is 1.62. The van der Waals surface area contributed by atoms with Gasteiger partial charge in [0.15, 0.2) is 11.5 Å². The molecule has 0 aliphatic carbocycles. The third kappa shape index (κ3) is 6.82. The first-order chi connectivity index (χ1) is 19.2. The molecule has 9 heteroatoms. The number of barbiturate groups is 1. The van der Waals surface area contributed by atoms with Crippen molar-refractivity contribution in [3.8, 4) is 17.2 Å². The summed E-state index contributed by atoms with van der Waals surface area (Å²) in [6.07, 6.45) is 2.31. The number of rotatable bonds is 10. The van der Waals surface area contributed by atoms with Crippen LogP contribution >= 0.6 is 22.6 Å². The summed E-state index contributed by atoms with van der Waals surface area (Å²) < 4.78 is 18.4. The van der Waals surface area contributed by atoms with Gasteiger partial charge in [0, 0.05) is 0 Å². The van der Waals surface area contributed by atoms with Crippen LogP contribution in [0.15, 0.2) is 60.2 Å². The molecule has 3 aromatic rings.